The minimum atomic E-state index is -0.397. The van der Waals surface area contributed by atoms with E-state index in [1.807, 2.05) is 12.2 Å². The Morgan fingerprint density at radius 3 is 1.53 bits per heavy atom. The van der Waals surface area contributed by atoms with Gasteiger partial charge < -0.3 is 9.47 Å². The highest BCUT2D eigenvalue weighted by Gasteiger charge is 2.36. The van der Waals surface area contributed by atoms with Gasteiger partial charge in [0.1, 0.15) is 0 Å². The molecule has 0 N–H and O–H groups in total. The Bertz CT molecular complexity index is 512. The van der Waals surface area contributed by atoms with Crippen LogP contribution in [0.3, 0.4) is 0 Å². The summed E-state index contributed by atoms with van der Waals surface area (Å²) in [4.78, 5) is 25.0. The fourth-order valence-corrected chi connectivity index (χ4v) is 4.24. The van der Waals surface area contributed by atoms with Crippen LogP contribution >= 0.6 is 0 Å². The van der Waals surface area contributed by atoms with Crippen LogP contribution in [0.15, 0.2) is 12.2 Å². The predicted molar refractivity (Wildman–Crippen MR) is 132 cm³/mol. The molecule has 0 radical (unpaired) electrons. The number of unbranched alkanes of at least 4 members (excludes halogenated alkanes) is 12. The van der Waals surface area contributed by atoms with Crippen molar-refractivity contribution in [3.05, 3.63) is 12.2 Å². The molecule has 0 bridgehead atoms. The lowest BCUT2D eigenvalue weighted by atomic mass is 9.83. The van der Waals surface area contributed by atoms with Crippen molar-refractivity contribution in [2.45, 2.75) is 124 Å². The van der Waals surface area contributed by atoms with E-state index >= 15 is 0 Å². The molecule has 4 heteroatoms. The first kappa shape index (κ1) is 28.7. The van der Waals surface area contributed by atoms with Crippen molar-refractivity contribution in [1.29, 1.82) is 0 Å². The monoisotopic (exact) mass is 450 g/mol. The van der Waals surface area contributed by atoms with Crippen LogP contribution in [-0.2, 0) is 19.1 Å². The van der Waals surface area contributed by atoms with E-state index in [0.29, 0.717) is 32.0 Å². The maximum Gasteiger partial charge on any atom is 0.310 e. The first-order valence-corrected chi connectivity index (χ1v) is 13.5. The van der Waals surface area contributed by atoms with E-state index in [0.717, 1.165) is 19.3 Å². The lowest BCUT2D eigenvalue weighted by Gasteiger charge is -2.25. The van der Waals surface area contributed by atoms with Crippen molar-refractivity contribution >= 4 is 11.9 Å². The molecule has 0 aliphatic heterocycles. The van der Waals surface area contributed by atoms with Crippen molar-refractivity contribution in [3.63, 3.8) is 0 Å². The van der Waals surface area contributed by atoms with Crippen molar-refractivity contribution in [3.8, 4) is 0 Å². The Morgan fingerprint density at radius 1 is 0.688 bits per heavy atom. The van der Waals surface area contributed by atoms with E-state index in [-0.39, 0.29) is 11.9 Å². The summed E-state index contributed by atoms with van der Waals surface area (Å²) in [6.45, 7) is 7.37. The number of rotatable bonds is 19. The predicted octanol–water partition coefficient (Wildman–Crippen LogP) is 7.79. The van der Waals surface area contributed by atoms with Gasteiger partial charge in [0.2, 0.25) is 0 Å². The average molecular weight is 451 g/mol. The number of carbonyl (C=O) groups is 2. The number of allylic oxidation sites excluding steroid dienone is 2. The molecule has 0 heterocycles. The van der Waals surface area contributed by atoms with Gasteiger partial charge in [0.25, 0.3) is 0 Å². The Hall–Kier alpha value is -1.32. The highest BCUT2D eigenvalue weighted by molar-refractivity contribution is 5.82. The average Bonchev–Trinajstić information content (AvgIpc) is 2.78. The summed E-state index contributed by atoms with van der Waals surface area (Å²) >= 11 is 0. The smallest absolute Gasteiger partial charge is 0.310 e. The second-order valence-electron chi connectivity index (χ2n) is 9.92. The fourth-order valence-electron chi connectivity index (χ4n) is 4.24. The Morgan fingerprint density at radius 2 is 1.09 bits per heavy atom. The molecule has 1 rings (SSSR count). The molecule has 186 valence electrons. The molecule has 1 aliphatic rings. The molecule has 0 spiro atoms. The van der Waals surface area contributed by atoms with Gasteiger partial charge in [-0.25, -0.2) is 0 Å². The Kier molecular flexibility index (Phi) is 17.2. The van der Waals surface area contributed by atoms with Gasteiger partial charge in [0.15, 0.2) is 0 Å². The Labute approximate surface area is 197 Å². The van der Waals surface area contributed by atoms with Crippen LogP contribution in [0.25, 0.3) is 0 Å². The van der Waals surface area contributed by atoms with Crippen molar-refractivity contribution < 1.29 is 19.1 Å². The van der Waals surface area contributed by atoms with Gasteiger partial charge in [0, 0.05) is 0 Å². The molecule has 0 saturated heterocycles. The standard InChI is InChI=1S/C28H50O4/c1-4-5-6-7-8-9-10-11-12-13-14-15-18-22-31-27(29)25-19-16-17-20-26(25)28(30)32-23-21-24(2)3/h16-17,24-26H,4-15,18-23H2,1-3H3. The second kappa shape index (κ2) is 19.2. The number of ether oxygens (including phenoxy) is 2. The summed E-state index contributed by atoms with van der Waals surface area (Å²) in [7, 11) is 0. The maximum atomic E-state index is 12.5. The van der Waals surface area contributed by atoms with Crippen LogP contribution in [0.5, 0.6) is 0 Å². The van der Waals surface area contributed by atoms with Gasteiger partial charge in [-0.3, -0.25) is 9.59 Å². The first-order valence-electron chi connectivity index (χ1n) is 13.5. The summed E-state index contributed by atoms with van der Waals surface area (Å²) < 4.78 is 10.9. The van der Waals surface area contributed by atoms with E-state index in [4.69, 9.17) is 9.47 Å². The molecule has 2 unspecified atom stereocenters. The number of carbonyl (C=O) groups excluding carboxylic acids is 2. The van der Waals surface area contributed by atoms with Gasteiger partial charge in [0.05, 0.1) is 25.0 Å². The van der Waals surface area contributed by atoms with Gasteiger partial charge >= 0.3 is 11.9 Å². The third kappa shape index (κ3) is 14.0. The minimum Gasteiger partial charge on any atom is -0.465 e. The van der Waals surface area contributed by atoms with Crippen molar-refractivity contribution in [2.75, 3.05) is 13.2 Å². The molecule has 32 heavy (non-hydrogen) atoms. The van der Waals surface area contributed by atoms with Crippen LogP contribution in [0, 0.1) is 17.8 Å². The summed E-state index contributed by atoms with van der Waals surface area (Å²) in [5.74, 6) is -0.785. The van der Waals surface area contributed by atoms with E-state index in [1.54, 1.807) is 0 Å². The van der Waals surface area contributed by atoms with Crippen LogP contribution in [0.4, 0.5) is 0 Å². The van der Waals surface area contributed by atoms with Crippen LogP contribution in [0.1, 0.15) is 124 Å². The van der Waals surface area contributed by atoms with Crippen LogP contribution < -0.4 is 0 Å². The minimum absolute atomic E-state index is 0.237. The van der Waals surface area contributed by atoms with E-state index in [2.05, 4.69) is 20.8 Å². The normalized spacial score (nSPS) is 18.1. The summed E-state index contributed by atoms with van der Waals surface area (Å²) in [5, 5.41) is 0. The number of esters is 2. The molecule has 0 fully saturated rings. The van der Waals surface area contributed by atoms with Crippen LogP contribution in [0.2, 0.25) is 0 Å². The Balaban J connectivity index is 2.06. The van der Waals surface area contributed by atoms with Crippen molar-refractivity contribution in [2.24, 2.45) is 17.8 Å². The molecule has 0 aromatic rings. The first-order chi connectivity index (χ1) is 15.6. The van der Waals surface area contributed by atoms with Gasteiger partial charge in [-0.15, -0.1) is 0 Å². The molecular weight excluding hydrogens is 400 g/mol. The molecule has 0 aromatic heterocycles. The summed E-state index contributed by atoms with van der Waals surface area (Å²) in [6.07, 6.45) is 22.8. The second-order valence-corrected chi connectivity index (χ2v) is 9.92. The quantitative estimate of drug-likeness (QED) is 0.114. The maximum absolute atomic E-state index is 12.5. The number of hydrogen-bond donors (Lipinski definition) is 0. The SMILES string of the molecule is CCCCCCCCCCCCCCCOC(=O)C1CC=CCC1C(=O)OCCC(C)C. The van der Waals surface area contributed by atoms with Gasteiger partial charge in [-0.2, -0.15) is 0 Å². The largest absolute Gasteiger partial charge is 0.465 e. The zero-order chi connectivity index (χ0) is 23.4. The van der Waals surface area contributed by atoms with Crippen LogP contribution in [-0.4, -0.2) is 25.2 Å². The zero-order valence-electron chi connectivity index (χ0n) is 21.2. The highest BCUT2D eigenvalue weighted by atomic mass is 16.5. The van der Waals surface area contributed by atoms with E-state index < -0.39 is 11.8 Å². The van der Waals surface area contributed by atoms with E-state index in [1.165, 1.54) is 70.6 Å². The zero-order valence-corrected chi connectivity index (χ0v) is 21.2. The molecule has 0 amide bonds. The molecule has 1 aliphatic carbocycles. The van der Waals surface area contributed by atoms with E-state index in [9.17, 15) is 9.59 Å². The fraction of sp³-hybridized carbons (Fsp3) is 0.857. The van der Waals surface area contributed by atoms with Gasteiger partial charge in [-0.05, 0) is 31.6 Å². The molecule has 2 atom stereocenters. The third-order valence-corrected chi connectivity index (χ3v) is 6.47. The molecule has 0 aromatic carbocycles. The van der Waals surface area contributed by atoms with Gasteiger partial charge in [-0.1, -0.05) is 110 Å². The summed E-state index contributed by atoms with van der Waals surface area (Å²) in [5.41, 5.74) is 0. The summed E-state index contributed by atoms with van der Waals surface area (Å²) in [6, 6.07) is 0. The highest BCUT2D eigenvalue weighted by Crippen LogP contribution is 2.28. The molecular formula is C28H50O4. The molecule has 0 saturated carbocycles. The lowest BCUT2D eigenvalue weighted by molar-refractivity contribution is -0.161. The number of hydrogen-bond acceptors (Lipinski definition) is 4. The lowest BCUT2D eigenvalue weighted by Crippen LogP contribution is -2.34. The topological polar surface area (TPSA) is 52.6 Å². The molecule has 4 nitrogen and oxygen atoms in total. The third-order valence-electron chi connectivity index (χ3n) is 6.47. The van der Waals surface area contributed by atoms with Crippen molar-refractivity contribution in [1.82, 2.24) is 0 Å².